The van der Waals surface area contributed by atoms with Crippen molar-refractivity contribution in [2.45, 2.75) is 11.5 Å². The lowest BCUT2D eigenvalue weighted by atomic mass is 10.2. The Hall–Kier alpha value is -1.59. The number of ether oxygens (including phenoxy) is 1. The Labute approximate surface area is 145 Å². The Morgan fingerprint density at radius 1 is 1.13 bits per heavy atom. The normalized spacial score (nSPS) is 14.7. The minimum Gasteiger partial charge on any atom is -0.483 e. The first-order chi connectivity index (χ1) is 11.2. The number of carbonyl (C=O) groups is 1. The number of rotatable bonds is 5. The molecule has 1 fully saturated rings. The average Bonchev–Trinajstić information content (AvgIpc) is 3.10. The van der Waals surface area contributed by atoms with Gasteiger partial charge in [0.15, 0.2) is 6.61 Å². The molecule has 1 N–H and O–H groups in total. The van der Waals surface area contributed by atoms with Crippen LogP contribution in [0, 0.1) is 6.92 Å². The van der Waals surface area contributed by atoms with Gasteiger partial charge >= 0.3 is 0 Å². The fraction of sp³-hybridized carbons (Fsp3) is 0.278. The molecule has 0 aromatic heterocycles. The molecule has 120 valence electrons. The quantitative estimate of drug-likeness (QED) is 0.866. The molecular weight excluding hydrogens is 326 g/mol. The molecule has 1 aliphatic heterocycles. The van der Waals surface area contributed by atoms with Gasteiger partial charge in [-0.2, -0.15) is 0 Å². The second-order valence-electron chi connectivity index (χ2n) is 5.31. The van der Waals surface area contributed by atoms with Gasteiger partial charge in [0, 0.05) is 22.8 Å². The summed E-state index contributed by atoms with van der Waals surface area (Å²) in [5.74, 6) is 2.99. The standard InChI is InChI=1S/C18H19NO2S2/c1-13-6-8-14(9-7-13)19-17(20)12-21-16-5-3-2-4-15(16)18-22-10-11-23-18/h2-9,18H,10-12H2,1H3,(H,19,20). The van der Waals surface area contributed by atoms with Crippen molar-refractivity contribution >= 4 is 35.1 Å². The molecule has 0 saturated carbocycles. The Bertz CT molecular complexity index is 667. The van der Waals surface area contributed by atoms with E-state index in [0.29, 0.717) is 4.58 Å². The maximum absolute atomic E-state index is 12.1. The van der Waals surface area contributed by atoms with Crippen LogP contribution < -0.4 is 10.1 Å². The lowest BCUT2D eigenvalue weighted by Gasteiger charge is -2.15. The van der Waals surface area contributed by atoms with E-state index in [0.717, 1.165) is 22.9 Å². The van der Waals surface area contributed by atoms with E-state index >= 15 is 0 Å². The minimum atomic E-state index is -0.143. The molecule has 0 unspecified atom stereocenters. The van der Waals surface area contributed by atoms with Gasteiger partial charge in [-0.3, -0.25) is 4.79 Å². The van der Waals surface area contributed by atoms with Crippen LogP contribution in [0.2, 0.25) is 0 Å². The molecule has 23 heavy (non-hydrogen) atoms. The Morgan fingerprint density at radius 2 is 1.83 bits per heavy atom. The second-order valence-corrected chi connectivity index (χ2v) is 8.04. The van der Waals surface area contributed by atoms with Gasteiger partial charge in [-0.15, -0.1) is 23.5 Å². The van der Waals surface area contributed by atoms with Crippen molar-refractivity contribution in [1.29, 1.82) is 0 Å². The van der Waals surface area contributed by atoms with E-state index in [4.69, 9.17) is 4.74 Å². The molecule has 1 saturated heterocycles. The summed E-state index contributed by atoms with van der Waals surface area (Å²) in [4.78, 5) is 12.1. The average molecular weight is 345 g/mol. The number of para-hydroxylation sites is 1. The second kappa shape index (κ2) is 7.79. The summed E-state index contributed by atoms with van der Waals surface area (Å²) >= 11 is 3.86. The molecule has 5 heteroatoms. The topological polar surface area (TPSA) is 38.3 Å². The smallest absolute Gasteiger partial charge is 0.262 e. The van der Waals surface area contributed by atoms with Crippen molar-refractivity contribution in [1.82, 2.24) is 0 Å². The van der Waals surface area contributed by atoms with Crippen LogP contribution in [0.1, 0.15) is 15.7 Å². The number of hydrogen-bond donors (Lipinski definition) is 1. The minimum absolute atomic E-state index is 0.0208. The molecule has 2 aromatic carbocycles. The van der Waals surface area contributed by atoms with Crippen LogP contribution in [0.5, 0.6) is 5.75 Å². The highest BCUT2D eigenvalue weighted by atomic mass is 32.2. The molecule has 3 rings (SSSR count). The van der Waals surface area contributed by atoms with Crippen molar-refractivity contribution in [3.8, 4) is 5.75 Å². The first-order valence-electron chi connectivity index (χ1n) is 7.54. The maximum Gasteiger partial charge on any atom is 0.262 e. The van der Waals surface area contributed by atoms with Gasteiger partial charge in [-0.25, -0.2) is 0 Å². The summed E-state index contributed by atoms with van der Waals surface area (Å²) in [6.45, 7) is 2.04. The van der Waals surface area contributed by atoms with Gasteiger partial charge in [-0.1, -0.05) is 35.9 Å². The molecule has 2 aromatic rings. The van der Waals surface area contributed by atoms with Gasteiger partial charge < -0.3 is 10.1 Å². The van der Waals surface area contributed by atoms with Crippen molar-refractivity contribution in [3.05, 3.63) is 59.7 Å². The van der Waals surface area contributed by atoms with Crippen molar-refractivity contribution in [2.75, 3.05) is 23.4 Å². The number of nitrogens with one attached hydrogen (secondary N) is 1. The lowest BCUT2D eigenvalue weighted by Crippen LogP contribution is -2.20. The number of benzene rings is 2. The van der Waals surface area contributed by atoms with Gasteiger partial charge in [0.05, 0.1) is 4.58 Å². The number of carbonyl (C=O) groups excluding carboxylic acids is 1. The summed E-state index contributed by atoms with van der Waals surface area (Å²) < 4.78 is 6.18. The summed E-state index contributed by atoms with van der Waals surface area (Å²) in [6.07, 6.45) is 0. The highest BCUT2D eigenvalue weighted by Crippen LogP contribution is 2.48. The molecule has 0 radical (unpaired) electrons. The zero-order valence-electron chi connectivity index (χ0n) is 13.0. The third-order valence-corrected chi connectivity index (χ3v) is 6.56. The largest absolute Gasteiger partial charge is 0.483 e. The van der Waals surface area contributed by atoms with Crippen LogP contribution in [0.4, 0.5) is 5.69 Å². The number of amides is 1. The highest BCUT2D eigenvalue weighted by molar-refractivity contribution is 8.19. The van der Waals surface area contributed by atoms with E-state index in [1.807, 2.05) is 72.9 Å². The Morgan fingerprint density at radius 3 is 2.57 bits per heavy atom. The highest BCUT2D eigenvalue weighted by Gasteiger charge is 2.21. The summed E-state index contributed by atoms with van der Waals surface area (Å²) in [6, 6.07) is 15.7. The van der Waals surface area contributed by atoms with Crippen molar-refractivity contribution in [2.24, 2.45) is 0 Å². The monoisotopic (exact) mass is 345 g/mol. The molecule has 3 nitrogen and oxygen atoms in total. The lowest BCUT2D eigenvalue weighted by molar-refractivity contribution is -0.118. The van der Waals surface area contributed by atoms with Gasteiger partial charge in [0.25, 0.3) is 5.91 Å². The first-order valence-corrected chi connectivity index (χ1v) is 9.63. The summed E-state index contributed by atoms with van der Waals surface area (Å²) in [5, 5.41) is 2.85. The number of aryl methyl sites for hydroxylation is 1. The predicted octanol–water partition coefficient (Wildman–Crippen LogP) is 4.49. The van der Waals surface area contributed by atoms with Crippen LogP contribution >= 0.6 is 23.5 Å². The zero-order chi connectivity index (χ0) is 16.1. The zero-order valence-corrected chi connectivity index (χ0v) is 14.6. The summed E-state index contributed by atoms with van der Waals surface area (Å²) in [7, 11) is 0. The number of thioether (sulfide) groups is 2. The molecule has 0 bridgehead atoms. The molecule has 0 aliphatic carbocycles. The van der Waals surface area contributed by atoms with E-state index in [2.05, 4.69) is 11.4 Å². The molecule has 0 spiro atoms. The van der Waals surface area contributed by atoms with Crippen LogP contribution in [0.15, 0.2) is 48.5 Å². The fourth-order valence-electron chi connectivity index (χ4n) is 2.32. The van der Waals surface area contributed by atoms with Crippen molar-refractivity contribution in [3.63, 3.8) is 0 Å². The maximum atomic E-state index is 12.1. The van der Waals surface area contributed by atoms with E-state index in [1.54, 1.807) is 0 Å². The van der Waals surface area contributed by atoms with Crippen LogP contribution in [-0.4, -0.2) is 24.0 Å². The number of anilines is 1. The van der Waals surface area contributed by atoms with Crippen LogP contribution in [0.25, 0.3) is 0 Å². The predicted molar refractivity (Wildman–Crippen MR) is 99.4 cm³/mol. The third-order valence-electron chi connectivity index (χ3n) is 3.49. The molecular formula is C18H19NO2S2. The van der Waals surface area contributed by atoms with Crippen molar-refractivity contribution < 1.29 is 9.53 Å². The fourth-order valence-corrected chi connectivity index (χ4v) is 5.23. The first kappa shape index (κ1) is 16.3. The molecule has 1 amide bonds. The molecule has 1 aliphatic rings. The Balaban J connectivity index is 1.59. The van der Waals surface area contributed by atoms with Crippen LogP contribution in [0.3, 0.4) is 0 Å². The van der Waals surface area contributed by atoms with E-state index in [1.165, 1.54) is 11.1 Å². The third kappa shape index (κ3) is 4.45. The van der Waals surface area contributed by atoms with Gasteiger partial charge in [0.2, 0.25) is 0 Å². The molecule has 0 atom stereocenters. The summed E-state index contributed by atoms with van der Waals surface area (Å²) in [5.41, 5.74) is 3.13. The SMILES string of the molecule is Cc1ccc(NC(=O)COc2ccccc2C2SCCS2)cc1. The Kier molecular flexibility index (Phi) is 5.51. The van der Waals surface area contributed by atoms with Gasteiger partial charge in [0.1, 0.15) is 5.75 Å². The van der Waals surface area contributed by atoms with E-state index in [9.17, 15) is 4.79 Å². The van der Waals surface area contributed by atoms with E-state index < -0.39 is 0 Å². The van der Waals surface area contributed by atoms with Gasteiger partial charge in [-0.05, 0) is 25.1 Å². The molecule has 1 heterocycles. The van der Waals surface area contributed by atoms with Crippen LogP contribution in [-0.2, 0) is 4.79 Å². The van der Waals surface area contributed by atoms with E-state index in [-0.39, 0.29) is 12.5 Å². The number of hydrogen-bond acceptors (Lipinski definition) is 4.